The van der Waals surface area contributed by atoms with Crippen LogP contribution >= 0.6 is 0 Å². The molecule has 4 heteroatoms. The summed E-state index contributed by atoms with van der Waals surface area (Å²) < 4.78 is 0. The maximum Gasteiger partial charge on any atom is 0.197 e. The normalized spacial score (nSPS) is 12.2. The van der Waals surface area contributed by atoms with Crippen LogP contribution in [0.2, 0.25) is 0 Å². The average Bonchev–Trinajstić information content (AvgIpc) is 2.64. The Morgan fingerprint density at radius 3 is 2.59 bits per heavy atom. The Kier molecular flexibility index (Phi) is 1.98. The topological polar surface area (TPSA) is 46.1 Å². The van der Waals surface area contributed by atoms with Crippen LogP contribution in [-0.2, 0) is 0 Å². The van der Waals surface area contributed by atoms with Gasteiger partial charge in [0.2, 0.25) is 0 Å². The van der Waals surface area contributed by atoms with E-state index >= 15 is 0 Å². The number of rotatable bonds is 1. The molecule has 0 N–H and O–H groups in total. The van der Waals surface area contributed by atoms with E-state index in [1.54, 1.807) is 18.3 Å². The van der Waals surface area contributed by atoms with Gasteiger partial charge in [-0.1, -0.05) is 0 Å². The van der Waals surface area contributed by atoms with Crippen LogP contribution in [0.3, 0.4) is 0 Å². The summed E-state index contributed by atoms with van der Waals surface area (Å²) in [6, 6.07) is 7.24. The molecule has 0 atom stereocenters. The van der Waals surface area contributed by atoms with Crippen molar-refractivity contribution in [1.29, 1.82) is 0 Å². The molecule has 0 aromatic carbocycles. The summed E-state index contributed by atoms with van der Waals surface area (Å²) in [5.74, 6) is 0.843. The quantitative estimate of drug-likeness (QED) is 0.633. The summed E-state index contributed by atoms with van der Waals surface area (Å²) in [7, 11) is 3.84. The van der Waals surface area contributed by atoms with Gasteiger partial charge < -0.3 is 4.90 Å². The summed E-state index contributed by atoms with van der Waals surface area (Å²) in [4.78, 5) is 22.7. The molecule has 1 aliphatic rings. The van der Waals surface area contributed by atoms with Crippen molar-refractivity contribution in [3.63, 3.8) is 0 Å². The molecule has 0 spiro atoms. The van der Waals surface area contributed by atoms with Gasteiger partial charge in [0.25, 0.3) is 0 Å². The molecule has 0 saturated heterocycles. The highest BCUT2D eigenvalue weighted by Crippen LogP contribution is 2.34. The highest BCUT2D eigenvalue weighted by atomic mass is 16.1. The van der Waals surface area contributed by atoms with E-state index in [9.17, 15) is 4.79 Å². The van der Waals surface area contributed by atoms with E-state index in [0.29, 0.717) is 22.5 Å². The van der Waals surface area contributed by atoms with Crippen LogP contribution in [0.25, 0.3) is 11.4 Å². The largest absolute Gasteiger partial charge is 0.363 e. The number of carbonyl (C=O) groups is 1. The van der Waals surface area contributed by atoms with Crippen molar-refractivity contribution in [2.24, 2.45) is 0 Å². The maximum atomic E-state index is 12.1. The van der Waals surface area contributed by atoms with Crippen molar-refractivity contribution < 1.29 is 4.79 Å². The summed E-state index contributed by atoms with van der Waals surface area (Å²) in [5.41, 5.74) is 2.67. The highest BCUT2D eigenvalue weighted by molar-refractivity contribution is 6.20. The molecule has 1 aliphatic carbocycles. The molecular weight excluding hydrogens is 214 g/mol. The van der Waals surface area contributed by atoms with Gasteiger partial charge in [-0.05, 0) is 24.3 Å². The van der Waals surface area contributed by atoms with Gasteiger partial charge in [-0.25, -0.2) is 4.98 Å². The van der Waals surface area contributed by atoms with Gasteiger partial charge in [-0.15, -0.1) is 0 Å². The minimum absolute atomic E-state index is 0.0147. The van der Waals surface area contributed by atoms with E-state index < -0.39 is 0 Å². The predicted octanol–water partition coefficient (Wildman–Crippen LogP) is 1.75. The zero-order valence-corrected chi connectivity index (χ0v) is 9.64. The molecule has 4 nitrogen and oxygen atoms in total. The van der Waals surface area contributed by atoms with Crippen LogP contribution in [-0.4, -0.2) is 29.8 Å². The Balaban J connectivity index is 2.27. The number of pyridine rings is 2. The second kappa shape index (κ2) is 3.38. The summed E-state index contributed by atoms with van der Waals surface area (Å²) in [6.45, 7) is 0. The van der Waals surface area contributed by atoms with Gasteiger partial charge in [0.1, 0.15) is 17.2 Å². The number of anilines is 1. The van der Waals surface area contributed by atoms with E-state index in [2.05, 4.69) is 9.97 Å². The van der Waals surface area contributed by atoms with Crippen molar-refractivity contribution in [2.75, 3.05) is 19.0 Å². The molecule has 2 aromatic rings. The number of nitrogens with zero attached hydrogens (tertiary/aromatic N) is 3. The van der Waals surface area contributed by atoms with Gasteiger partial charge in [-0.2, -0.15) is 0 Å². The zero-order chi connectivity index (χ0) is 12.0. The maximum absolute atomic E-state index is 12.1. The Morgan fingerprint density at radius 2 is 1.82 bits per heavy atom. The Morgan fingerprint density at radius 1 is 1.06 bits per heavy atom. The average molecular weight is 225 g/mol. The molecule has 0 amide bonds. The molecule has 17 heavy (non-hydrogen) atoms. The molecular formula is C13H11N3O. The summed E-state index contributed by atoms with van der Waals surface area (Å²) in [6.07, 6.45) is 1.69. The van der Waals surface area contributed by atoms with E-state index in [0.717, 1.165) is 5.82 Å². The monoisotopic (exact) mass is 225 g/mol. The lowest BCUT2D eigenvalue weighted by Crippen LogP contribution is -2.11. The van der Waals surface area contributed by atoms with Gasteiger partial charge in [0, 0.05) is 20.3 Å². The highest BCUT2D eigenvalue weighted by Gasteiger charge is 2.29. The zero-order valence-electron chi connectivity index (χ0n) is 9.64. The number of ketones is 1. The fourth-order valence-electron chi connectivity index (χ4n) is 1.98. The number of carbonyl (C=O) groups excluding carboxylic acids is 1. The first-order valence-corrected chi connectivity index (χ1v) is 5.37. The lowest BCUT2D eigenvalue weighted by atomic mass is 10.1. The molecule has 84 valence electrons. The third-order valence-corrected chi connectivity index (χ3v) is 2.86. The van der Waals surface area contributed by atoms with Crippen LogP contribution < -0.4 is 4.90 Å². The third kappa shape index (κ3) is 1.34. The first kappa shape index (κ1) is 9.96. The van der Waals surface area contributed by atoms with Crippen LogP contribution in [0.4, 0.5) is 5.82 Å². The van der Waals surface area contributed by atoms with Crippen LogP contribution in [0, 0.1) is 0 Å². The lowest BCUT2D eigenvalue weighted by Gasteiger charge is -2.11. The molecule has 0 unspecified atom stereocenters. The lowest BCUT2D eigenvalue weighted by molar-refractivity contribution is 0.104. The van der Waals surface area contributed by atoms with Crippen LogP contribution in [0.1, 0.15) is 15.9 Å². The van der Waals surface area contributed by atoms with Crippen molar-refractivity contribution in [2.45, 2.75) is 0 Å². The molecule has 0 fully saturated rings. The molecule has 3 rings (SSSR count). The van der Waals surface area contributed by atoms with Gasteiger partial charge in [0.15, 0.2) is 5.78 Å². The van der Waals surface area contributed by atoms with E-state index in [1.165, 1.54) is 0 Å². The minimum atomic E-state index is 0.0147. The molecule has 2 heterocycles. The fourth-order valence-corrected chi connectivity index (χ4v) is 1.98. The number of hydrogen-bond acceptors (Lipinski definition) is 4. The second-order valence-electron chi connectivity index (χ2n) is 4.19. The van der Waals surface area contributed by atoms with E-state index in [-0.39, 0.29) is 5.78 Å². The SMILES string of the molecule is CN(C)c1ccc2c(n1)-c1ncccc1C2=O. The van der Waals surface area contributed by atoms with E-state index in [1.807, 2.05) is 31.1 Å². The Hall–Kier alpha value is -2.23. The van der Waals surface area contributed by atoms with Gasteiger partial charge >= 0.3 is 0 Å². The smallest absolute Gasteiger partial charge is 0.197 e. The standard InChI is InChI=1S/C13H11N3O/c1-16(2)10-6-5-9-12(15-10)11-8(13(9)17)4-3-7-14-11/h3-7H,1-2H3. The molecule has 0 saturated carbocycles. The molecule has 0 bridgehead atoms. The molecule has 0 aliphatic heterocycles. The number of aromatic nitrogens is 2. The molecule has 0 radical (unpaired) electrons. The van der Waals surface area contributed by atoms with Crippen molar-refractivity contribution in [1.82, 2.24) is 9.97 Å². The van der Waals surface area contributed by atoms with Crippen molar-refractivity contribution >= 4 is 11.6 Å². The predicted molar refractivity (Wildman–Crippen MR) is 65.2 cm³/mol. The van der Waals surface area contributed by atoms with Crippen molar-refractivity contribution in [3.8, 4) is 11.4 Å². The number of fused-ring (bicyclic) bond motifs is 3. The number of hydrogen-bond donors (Lipinski definition) is 0. The molecule has 2 aromatic heterocycles. The van der Waals surface area contributed by atoms with Gasteiger partial charge in [0.05, 0.1) is 11.1 Å². The Labute approximate surface area is 98.9 Å². The van der Waals surface area contributed by atoms with Gasteiger partial charge in [-0.3, -0.25) is 9.78 Å². The third-order valence-electron chi connectivity index (χ3n) is 2.86. The fraction of sp³-hybridized carbons (Fsp3) is 0.154. The minimum Gasteiger partial charge on any atom is -0.363 e. The first-order valence-electron chi connectivity index (χ1n) is 5.37. The second-order valence-corrected chi connectivity index (χ2v) is 4.19. The van der Waals surface area contributed by atoms with Crippen molar-refractivity contribution in [3.05, 3.63) is 41.6 Å². The summed E-state index contributed by atoms with van der Waals surface area (Å²) >= 11 is 0. The summed E-state index contributed by atoms with van der Waals surface area (Å²) in [5, 5.41) is 0. The van der Waals surface area contributed by atoms with Crippen LogP contribution in [0.5, 0.6) is 0 Å². The van der Waals surface area contributed by atoms with Crippen LogP contribution in [0.15, 0.2) is 30.5 Å². The van der Waals surface area contributed by atoms with E-state index in [4.69, 9.17) is 0 Å². The first-order chi connectivity index (χ1) is 8.18. The Bertz CT molecular complexity index is 620.